The van der Waals surface area contributed by atoms with Gasteiger partial charge in [0.1, 0.15) is 5.50 Å². The first-order valence-electron chi connectivity index (χ1n) is 4.96. The van der Waals surface area contributed by atoms with Gasteiger partial charge in [-0.1, -0.05) is 29.8 Å². The molecule has 76 valence electrons. The van der Waals surface area contributed by atoms with Crippen LogP contribution in [0, 0.1) is 6.92 Å². The normalized spacial score (nSPS) is 22.4. The molecule has 1 fully saturated rings. The number of hydrogen-bond donors (Lipinski definition) is 1. The van der Waals surface area contributed by atoms with Gasteiger partial charge in [-0.15, -0.1) is 0 Å². The molecule has 0 aromatic heterocycles. The summed E-state index contributed by atoms with van der Waals surface area (Å²) in [7, 11) is 0. The summed E-state index contributed by atoms with van der Waals surface area (Å²) < 4.78 is 0. The Morgan fingerprint density at radius 2 is 2.21 bits per heavy atom. The summed E-state index contributed by atoms with van der Waals surface area (Å²) >= 11 is 6.25. The van der Waals surface area contributed by atoms with Crippen molar-refractivity contribution < 1.29 is 0 Å². The van der Waals surface area contributed by atoms with Crippen molar-refractivity contribution >= 4 is 17.3 Å². The van der Waals surface area contributed by atoms with Crippen LogP contribution in [0.2, 0.25) is 0 Å². The van der Waals surface area contributed by atoms with Crippen molar-refractivity contribution in [3.05, 3.63) is 29.8 Å². The van der Waals surface area contributed by atoms with Gasteiger partial charge in [-0.3, -0.25) is 0 Å². The maximum atomic E-state index is 6.25. The third-order valence-corrected chi connectivity index (χ3v) is 3.00. The first-order chi connectivity index (χ1) is 6.79. The van der Waals surface area contributed by atoms with Crippen molar-refractivity contribution in [1.82, 2.24) is 5.32 Å². The summed E-state index contributed by atoms with van der Waals surface area (Å²) in [5, 5.41) is 3.28. The van der Waals surface area contributed by atoms with E-state index in [2.05, 4.69) is 41.4 Å². The van der Waals surface area contributed by atoms with Crippen molar-refractivity contribution in [2.24, 2.45) is 0 Å². The largest absolute Gasteiger partial charge is 0.353 e. The van der Waals surface area contributed by atoms with Crippen molar-refractivity contribution in [2.45, 2.75) is 12.4 Å². The number of halogens is 1. The lowest BCUT2D eigenvalue weighted by Gasteiger charge is -2.35. The number of nitrogens with zero attached hydrogens (tertiary/aromatic N) is 1. The second-order valence-electron chi connectivity index (χ2n) is 3.62. The summed E-state index contributed by atoms with van der Waals surface area (Å²) in [5.41, 5.74) is 2.62. The highest BCUT2D eigenvalue weighted by Gasteiger charge is 2.20. The maximum absolute atomic E-state index is 6.25. The molecule has 1 N–H and O–H groups in total. The van der Waals surface area contributed by atoms with Gasteiger partial charge >= 0.3 is 0 Å². The summed E-state index contributed by atoms with van der Waals surface area (Å²) in [6.45, 7) is 4.98. The number of nitrogens with one attached hydrogen (secondary N) is 1. The molecule has 2 nitrogen and oxygen atoms in total. The van der Waals surface area contributed by atoms with E-state index in [1.54, 1.807) is 0 Å². The van der Waals surface area contributed by atoms with E-state index in [1.807, 2.05) is 0 Å². The van der Waals surface area contributed by atoms with Gasteiger partial charge in [0.15, 0.2) is 0 Å². The van der Waals surface area contributed by atoms with E-state index in [0.29, 0.717) is 0 Å². The highest BCUT2D eigenvalue weighted by atomic mass is 35.5. The van der Waals surface area contributed by atoms with Crippen molar-refractivity contribution in [3.63, 3.8) is 0 Å². The summed E-state index contributed by atoms with van der Waals surface area (Å²) in [5.74, 6) is 0. The van der Waals surface area contributed by atoms with E-state index in [1.165, 1.54) is 11.3 Å². The molecule has 1 aromatic rings. The molecule has 1 unspecified atom stereocenters. The zero-order valence-electron chi connectivity index (χ0n) is 8.33. The van der Waals surface area contributed by atoms with Crippen LogP contribution in [0.25, 0.3) is 0 Å². The molecule has 0 spiro atoms. The predicted octanol–water partition coefficient (Wildman–Crippen LogP) is 1.97. The average molecular weight is 211 g/mol. The molecule has 1 heterocycles. The van der Waals surface area contributed by atoms with Crippen LogP contribution in [0.5, 0.6) is 0 Å². The second kappa shape index (κ2) is 4.20. The van der Waals surface area contributed by atoms with Gasteiger partial charge in [0.25, 0.3) is 0 Å². The molecule has 0 radical (unpaired) electrons. The lowest BCUT2D eigenvalue weighted by atomic mass is 10.1. The maximum Gasteiger partial charge on any atom is 0.116 e. The number of piperazine rings is 1. The molecular weight excluding hydrogens is 196 g/mol. The van der Waals surface area contributed by atoms with E-state index in [4.69, 9.17) is 11.6 Å². The number of benzene rings is 1. The Kier molecular flexibility index (Phi) is 2.94. The van der Waals surface area contributed by atoms with Crippen LogP contribution in [0.15, 0.2) is 24.3 Å². The first-order valence-corrected chi connectivity index (χ1v) is 5.40. The van der Waals surface area contributed by atoms with Crippen LogP contribution in [0.3, 0.4) is 0 Å². The average Bonchev–Trinajstić information content (AvgIpc) is 2.20. The molecule has 0 aliphatic carbocycles. The molecule has 1 saturated heterocycles. The fourth-order valence-corrected chi connectivity index (χ4v) is 2.14. The number of rotatable bonds is 1. The number of anilines is 1. The van der Waals surface area contributed by atoms with Gasteiger partial charge in [0, 0.05) is 25.3 Å². The smallest absolute Gasteiger partial charge is 0.116 e. The van der Waals surface area contributed by atoms with Crippen molar-refractivity contribution in [3.8, 4) is 0 Å². The Bertz CT molecular complexity index is 314. The van der Waals surface area contributed by atoms with Gasteiger partial charge in [0.2, 0.25) is 0 Å². The number of alkyl halides is 1. The van der Waals surface area contributed by atoms with Gasteiger partial charge in [-0.25, -0.2) is 0 Å². The molecule has 1 aliphatic heterocycles. The molecule has 0 amide bonds. The van der Waals surface area contributed by atoms with E-state index in [9.17, 15) is 0 Å². The minimum Gasteiger partial charge on any atom is -0.353 e. The van der Waals surface area contributed by atoms with Gasteiger partial charge in [-0.2, -0.15) is 0 Å². The molecule has 0 saturated carbocycles. The Morgan fingerprint density at radius 3 is 2.93 bits per heavy atom. The third kappa shape index (κ3) is 1.86. The molecule has 3 heteroatoms. The minimum atomic E-state index is 0.0739. The van der Waals surface area contributed by atoms with Gasteiger partial charge < -0.3 is 10.2 Å². The van der Waals surface area contributed by atoms with Crippen molar-refractivity contribution in [1.29, 1.82) is 0 Å². The molecule has 2 rings (SSSR count). The Morgan fingerprint density at radius 1 is 1.43 bits per heavy atom. The van der Waals surface area contributed by atoms with Gasteiger partial charge in [-0.05, 0) is 18.6 Å². The highest BCUT2D eigenvalue weighted by molar-refractivity contribution is 6.22. The van der Waals surface area contributed by atoms with Crippen LogP contribution in [-0.2, 0) is 0 Å². The van der Waals surface area contributed by atoms with Crippen LogP contribution < -0.4 is 10.2 Å². The van der Waals surface area contributed by atoms with Crippen LogP contribution in [-0.4, -0.2) is 25.1 Å². The number of hydrogen-bond acceptors (Lipinski definition) is 2. The molecular formula is C11H15ClN2. The van der Waals surface area contributed by atoms with E-state index < -0.39 is 0 Å². The standard InChI is InChI=1S/C11H15ClN2/c1-9-4-2-3-5-10(9)14-7-6-13-8-11(14)12/h2-5,11,13H,6-8H2,1H3. The van der Waals surface area contributed by atoms with Crippen molar-refractivity contribution in [2.75, 3.05) is 24.5 Å². The van der Waals surface area contributed by atoms with E-state index >= 15 is 0 Å². The van der Waals surface area contributed by atoms with Gasteiger partial charge in [0.05, 0.1) is 0 Å². The fourth-order valence-electron chi connectivity index (χ4n) is 1.83. The highest BCUT2D eigenvalue weighted by Crippen LogP contribution is 2.23. The van der Waals surface area contributed by atoms with E-state index in [0.717, 1.165) is 19.6 Å². The molecule has 14 heavy (non-hydrogen) atoms. The lowest BCUT2D eigenvalue weighted by Crippen LogP contribution is -2.48. The number of para-hydroxylation sites is 1. The molecule has 1 aliphatic rings. The second-order valence-corrected chi connectivity index (χ2v) is 4.12. The summed E-state index contributed by atoms with van der Waals surface area (Å²) in [6, 6.07) is 8.38. The lowest BCUT2D eigenvalue weighted by molar-refractivity contribution is 0.558. The van der Waals surface area contributed by atoms with E-state index in [-0.39, 0.29) is 5.50 Å². The molecule has 0 bridgehead atoms. The Balaban J connectivity index is 2.25. The monoisotopic (exact) mass is 210 g/mol. The Labute approximate surface area is 89.9 Å². The Hall–Kier alpha value is -0.730. The van der Waals surface area contributed by atoms with Crippen LogP contribution in [0.1, 0.15) is 5.56 Å². The topological polar surface area (TPSA) is 15.3 Å². The predicted molar refractivity (Wildman–Crippen MR) is 61.0 cm³/mol. The fraction of sp³-hybridized carbons (Fsp3) is 0.455. The van der Waals surface area contributed by atoms with Crippen LogP contribution in [0.4, 0.5) is 5.69 Å². The quantitative estimate of drug-likeness (QED) is 0.563. The zero-order valence-corrected chi connectivity index (χ0v) is 9.09. The minimum absolute atomic E-state index is 0.0739. The molecule has 1 aromatic carbocycles. The number of aryl methyl sites for hydroxylation is 1. The first kappa shape index (κ1) is 9.81. The summed E-state index contributed by atoms with van der Waals surface area (Å²) in [6.07, 6.45) is 0. The zero-order chi connectivity index (χ0) is 9.97. The SMILES string of the molecule is Cc1ccccc1N1CCNCC1Cl. The summed E-state index contributed by atoms with van der Waals surface area (Å²) in [4.78, 5) is 2.26. The van der Waals surface area contributed by atoms with Crippen LogP contribution >= 0.6 is 11.6 Å². The third-order valence-electron chi connectivity index (χ3n) is 2.61. The molecule has 1 atom stereocenters.